The Labute approximate surface area is 136 Å². The summed E-state index contributed by atoms with van der Waals surface area (Å²) in [6.07, 6.45) is 0. The Balaban J connectivity index is 1.99. The molecule has 1 aromatic carbocycles. The Morgan fingerprint density at radius 3 is 2.57 bits per heavy atom. The zero-order valence-corrected chi connectivity index (χ0v) is 14.7. The fourth-order valence-corrected chi connectivity index (χ4v) is 7.12. The van der Waals surface area contributed by atoms with E-state index in [1.165, 1.54) is 23.5 Å². The first kappa shape index (κ1) is 16.7. The van der Waals surface area contributed by atoms with E-state index in [0.717, 1.165) is 0 Å². The number of likely N-dealkylation sites (N-methyl/N-ethyl adjacent to an activating group) is 1. The lowest BCUT2D eigenvalue weighted by Crippen LogP contribution is -2.59. The molecule has 3 rings (SSSR count). The summed E-state index contributed by atoms with van der Waals surface area (Å²) in [6, 6.07) is 5.45. The molecule has 0 amide bonds. The summed E-state index contributed by atoms with van der Waals surface area (Å²) >= 11 is 0. The highest BCUT2D eigenvalue weighted by Crippen LogP contribution is 2.31. The van der Waals surface area contributed by atoms with Crippen molar-refractivity contribution in [3.8, 4) is 5.75 Å². The summed E-state index contributed by atoms with van der Waals surface area (Å²) < 4.78 is 56.3. The highest BCUT2D eigenvalue weighted by atomic mass is 32.2. The van der Waals surface area contributed by atoms with E-state index in [0.29, 0.717) is 12.3 Å². The number of sulfone groups is 1. The van der Waals surface area contributed by atoms with Crippen LogP contribution in [0.25, 0.3) is 0 Å². The molecule has 2 fully saturated rings. The van der Waals surface area contributed by atoms with Gasteiger partial charge in [0.05, 0.1) is 29.6 Å². The first-order chi connectivity index (χ1) is 10.7. The zero-order valence-electron chi connectivity index (χ0n) is 13.0. The lowest BCUT2D eigenvalue weighted by Gasteiger charge is -2.41. The maximum Gasteiger partial charge on any atom is 0.243 e. The number of rotatable bonds is 3. The number of hydrogen-bond donors (Lipinski definition) is 0. The van der Waals surface area contributed by atoms with Crippen LogP contribution in [0.4, 0.5) is 0 Å². The first-order valence-electron chi connectivity index (χ1n) is 7.31. The van der Waals surface area contributed by atoms with E-state index in [4.69, 9.17) is 4.74 Å². The van der Waals surface area contributed by atoms with Crippen LogP contribution in [-0.2, 0) is 19.9 Å². The van der Waals surface area contributed by atoms with Gasteiger partial charge in [-0.1, -0.05) is 6.07 Å². The van der Waals surface area contributed by atoms with Crippen molar-refractivity contribution in [3.05, 3.63) is 24.3 Å². The third-order valence-corrected chi connectivity index (χ3v) is 8.17. The highest BCUT2D eigenvalue weighted by molar-refractivity contribution is 7.92. The second kappa shape index (κ2) is 5.73. The molecule has 2 aliphatic heterocycles. The van der Waals surface area contributed by atoms with E-state index >= 15 is 0 Å². The Kier molecular flexibility index (Phi) is 4.16. The minimum absolute atomic E-state index is 0.0122. The number of sulfonamides is 1. The van der Waals surface area contributed by atoms with Gasteiger partial charge in [0, 0.05) is 25.2 Å². The highest BCUT2D eigenvalue weighted by Gasteiger charge is 2.49. The van der Waals surface area contributed by atoms with Gasteiger partial charge in [-0.15, -0.1) is 0 Å². The number of piperazine rings is 1. The topological polar surface area (TPSA) is 84.0 Å². The SMILES string of the molecule is COc1cccc(S(=O)(=O)N2CCN(C)[C@@H]3CS(=O)(=O)C[C@@H]32)c1. The van der Waals surface area contributed by atoms with Crippen LogP contribution in [0.15, 0.2) is 29.2 Å². The molecule has 0 aromatic heterocycles. The molecule has 1 aromatic rings. The molecule has 2 atom stereocenters. The molecule has 9 heteroatoms. The molecule has 0 N–H and O–H groups in total. The number of benzene rings is 1. The average Bonchev–Trinajstić information content (AvgIpc) is 2.83. The van der Waals surface area contributed by atoms with Gasteiger partial charge in [0.2, 0.25) is 10.0 Å². The molecule has 0 aliphatic carbocycles. The van der Waals surface area contributed by atoms with E-state index in [1.807, 2.05) is 11.9 Å². The molecule has 0 saturated carbocycles. The lowest BCUT2D eigenvalue weighted by atomic mass is 10.1. The maximum absolute atomic E-state index is 13.0. The van der Waals surface area contributed by atoms with Gasteiger partial charge >= 0.3 is 0 Å². The largest absolute Gasteiger partial charge is 0.497 e. The molecule has 2 aliphatic rings. The molecule has 0 bridgehead atoms. The van der Waals surface area contributed by atoms with E-state index in [9.17, 15) is 16.8 Å². The Morgan fingerprint density at radius 2 is 1.87 bits per heavy atom. The maximum atomic E-state index is 13.0. The Morgan fingerprint density at radius 1 is 1.17 bits per heavy atom. The van der Waals surface area contributed by atoms with Gasteiger partial charge in [-0.05, 0) is 19.2 Å². The van der Waals surface area contributed by atoms with Gasteiger partial charge in [0.25, 0.3) is 0 Å². The van der Waals surface area contributed by atoms with Crippen LogP contribution in [0.2, 0.25) is 0 Å². The van der Waals surface area contributed by atoms with Crippen LogP contribution in [0, 0.1) is 0 Å². The van der Waals surface area contributed by atoms with Crippen LogP contribution < -0.4 is 4.74 Å². The van der Waals surface area contributed by atoms with E-state index in [-0.39, 0.29) is 29.0 Å². The fourth-order valence-electron chi connectivity index (χ4n) is 3.29. The minimum atomic E-state index is -3.76. The zero-order chi connectivity index (χ0) is 16.8. The summed E-state index contributed by atoms with van der Waals surface area (Å²) in [5, 5.41) is 0. The second-order valence-electron chi connectivity index (χ2n) is 5.99. The van der Waals surface area contributed by atoms with Crippen LogP contribution in [0.3, 0.4) is 0 Å². The third kappa shape index (κ3) is 2.98. The van der Waals surface area contributed by atoms with Gasteiger partial charge in [0.1, 0.15) is 5.75 Å². The smallest absolute Gasteiger partial charge is 0.243 e. The second-order valence-corrected chi connectivity index (χ2v) is 10.0. The summed E-state index contributed by atoms with van der Waals surface area (Å²) in [4.78, 5) is 2.07. The monoisotopic (exact) mass is 360 g/mol. The van der Waals surface area contributed by atoms with E-state index < -0.39 is 25.9 Å². The number of ether oxygens (including phenoxy) is 1. The fraction of sp³-hybridized carbons (Fsp3) is 0.571. The van der Waals surface area contributed by atoms with Gasteiger partial charge in [0.15, 0.2) is 9.84 Å². The molecule has 7 nitrogen and oxygen atoms in total. The molecule has 128 valence electrons. The third-order valence-electron chi connectivity index (χ3n) is 4.55. The van der Waals surface area contributed by atoms with Crippen molar-refractivity contribution in [1.29, 1.82) is 0 Å². The van der Waals surface area contributed by atoms with Gasteiger partial charge < -0.3 is 4.74 Å². The molecule has 2 saturated heterocycles. The first-order valence-corrected chi connectivity index (χ1v) is 10.6. The Hall–Kier alpha value is -1.16. The van der Waals surface area contributed by atoms with Crippen LogP contribution >= 0.6 is 0 Å². The van der Waals surface area contributed by atoms with Crippen molar-refractivity contribution in [2.24, 2.45) is 0 Å². The van der Waals surface area contributed by atoms with Crippen molar-refractivity contribution in [2.75, 3.05) is 38.8 Å². The van der Waals surface area contributed by atoms with Crippen molar-refractivity contribution in [2.45, 2.75) is 17.0 Å². The van der Waals surface area contributed by atoms with Crippen LogP contribution in [0.1, 0.15) is 0 Å². The number of nitrogens with zero attached hydrogens (tertiary/aromatic N) is 2. The summed E-state index contributed by atoms with van der Waals surface area (Å²) in [5.41, 5.74) is 0. The van der Waals surface area contributed by atoms with Crippen molar-refractivity contribution in [1.82, 2.24) is 9.21 Å². The molecule has 0 unspecified atom stereocenters. The van der Waals surface area contributed by atoms with Crippen molar-refractivity contribution < 1.29 is 21.6 Å². The van der Waals surface area contributed by atoms with E-state index in [1.54, 1.807) is 12.1 Å². The summed E-state index contributed by atoms with van der Waals surface area (Å²) in [5.74, 6) is 0.347. The number of fused-ring (bicyclic) bond motifs is 1. The average molecular weight is 360 g/mol. The lowest BCUT2D eigenvalue weighted by molar-refractivity contribution is 0.121. The summed E-state index contributed by atoms with van der Waals surface area (Å²) in [6.45, 7) is 0.798. The number of hydrogen-bond acceptors (Lipinski definition) is 6. The summed E-state index contributed by atoms with van der Waals surface area (Å²) in [7, 11) is -3.67. The van der Waals surface area contributed by atoms with Crippen LogP contribution in [-0.4, -0.2) is 76.9 Å². The normalized spacial score (nSPS) is 28.4. The molecule has 2 heterocycles. The predicted molar refractivity (Wildman–Crippen MR) is 85.7 cm³/mol. The number of methoxy groups -OCH3 is 1. The van der Waals surface area contributed by atoms with Gasteiger partial charge in [-0.25, -0.2) is 16.8 Å². The molecule has 23 heavy (non-hydrogen) atoms. The van der Waals surface area contributed by atoms with Crippen molar-refractivity contribution in [3.63, 3.8) is 0 Å². The molecular formula is C14H20N2O5S2. The standard InChI is InChI=1S/C14H20N2O5S2/c1-15-6-7-16(14-10-22(17,18)9-13(14)15)23(19,20)12-5-3-4-11(8-12)21-2/h3-5,8,13-14H,6-7,9-10H2,1-2H3/t13-,14+/m1/s1. The van der Waals surface area contributed by atoms with E-state index in [2.05, 4.69) is 0 Å². The Bertz CT molecular complexity index is 806. The van der Waals surface area contributed by atoms with Gasteiger partial charge in [-0.3, -0.25) is 4.90 Å². The quantitative estimate of drug-likeness (QED) is 0.742. The minimum Gasteiger partial charge on any atom is -0.497 e. The van der Waals surface area contributed by atoms with Crippen LogP contribution in [0.5, 0.6) is 5.75 Å². The predicted octanol–water partition coefficient (Wildman–Crippen LogP) is -0.203. The molecule has 0 spiro atoms. The molecular weight excluding hydrogens is 340 g/mol. The van der Waals surface area contributed by atoms with Gasteiger partial charge in [-0.2, -0.15) is 4.31 Å². The van der Waals surface area contributed by atoms with Crippen molar-refractivity contribution >= 4 is 19.9 Å². The molecule has 0 radical (unpaired) electrons.